The van der Waals surface area contributed by atoms with Crippen LogP contribution in [0.2, 0.25) is 0 Å². The lowest BCUT2D eigenvalue weighted by atomic mass is 9.77. The zero-order chi connectivity index (χ0) is 76.9. The summed E-state index contributed by atoms with van der Waals surface area (Å²) in [6, 6.07) is 27.4. The van der Waals surface area contributed by atoms with E-state index in [9.17, 15) is 38.7 Å². The molecule has 26 nitrogen and oxygen atoms in total. The minimum Gasteiger partial charge on any atom is -0.480 e. The van der Waals surface area contributed by atoms with Crippen molar-refractivity contribution in [2.75, 3.05) is 13.1 Å². The summed E-state index contributed by atoms with van der Waals surface area (Å²) >= 11 is 0. The summed E-state index contributed by atoms with van der Waals surface area (Å²) in [7, 11) is 0. The molecule has 104 heavy (non-hydrogen) atoms. The Labute approximate surface area is 610 Å². The highest BCUT2D eigenvalue weighted by Crippen LogP contribution is 2.41. The summed E-state index contributed by atoms with van der Waals surface area (Å²) in [6.45, 7) is 27.1. The highest BCUT2D eigenvalue weighted by atomic mass is 16.6. The van der Waals surface area contributed by atoms with Gasteiger partial charge in [-0.25, -0.2) is 24.2 Å². The number of unbranched alkanes of at least 4 members (excludes halogenated alkanes) is 2. The van der Waals surface area contributed by atoms with Gasteiger partial charge >= 0.3 is 24.2 Å². The number of benzene rings is 4. The van der Waals surface area contributed by atoms with E-state index < -0.39 is 136 Å². The van der Waals surface area contributed by atoms with Crippen LogP contribution < -0.4 is 42.5 Å². The van der Waals surface area contributed by atoms with Gasteiger partial charge in [-0.3, -0.25) is 33.3 Å². The van der Waals surface area contributed by atoms with Crippen LogP contribution in [0.1, 0.15) is 177 Å². The monoisotopic (exact) mass is 1440 g/mol. The summed E-state index contributed by atoms with van der Waals surface area (Å²) in [5, 5.41) is 33.3. The lowest BCUT2D eigenvalue weighted by Gasteiger charge is -2.37. The van der Waals surface area contributed by atoms with Crippen molar-refractivity contribution in [2.24, 2.45) is 5.92 Å². The molecular weight excluding hydrogens is 1330 g/mol. The van der Waals surface area contributed by atoms with Gasteiger partial charge in [0.05, 0.1) is 29.2 Å². The maximum atomic E-state index is 15.4. The number of para-hydroxylation sites is 1. The standard InChI is InChI=1S/C78H107N11O15/c1-49(2)63(68(94)87-64(50(3)101-74(5,6)7)69(95)85-61(70(96)97)45-56-47-88(48-81-56)78(53-32-20-17-21-33-53,54-34-22-18-23-35-54)55-36-24-19-25-37-55)86-67(93)60(44-52-46-89(73(100)104-77(14,15)16)62-41-27-26-38-57(52)62)84-66(92)59(40-29-31-43-80-72(99)103-76(11,12)13)83-65(91)58(82-51(4)90)39-28-30-42-79-71(98)102-75(8,9)10/h17-27,32-38,41,46-50,58-61,63-64H,28-31,39-40,42-45H2,1-16H3,(H,79,98)(H,80,99)(H,82,90)(H,83,91)(H,84,92)(H,85,95)(H,86,93)(H,87,94)(H,96,97)/t50-,58+,59+,60+,61+,63+,64+/m1/s1. The molecule has 4 aromatic carbocycles. The molecule has 2 aromatic heterocycles. The van der Waals surface area contributed by atoms with Gasteiger partial charge in [-0.1, -0.05) is 123 Å². The number of alkyl carbamates (subject to hydrolysis) is 2. The molecule has 9 N–H and O–H groups in total. The van der Waals surface area contributed by atoms with Crippen LogP contribution in [0.3, 0.4) is 0 Å². The summed E-state index contributed by atoms with van der Waals surface area (Å²) in [6.07, 6.45) is 2.32. The minimum atomic E-state index is -1.60. The Hall–Kier alpha value is -10.1. The number of carboxylic acids is 1. The second-order valence-corrected chi connectivity index (χ2v) is 30.3. The van der Waals surface area contributed by atoms with E-state index >= 15 is 14.4 Å². The van der Waals surface area contributed by atoms with Gasteiger partial charge in [0.1, 0.15) is 58.6 Å². The molecule has 0 aliphatic rings. The van der Waals surface area contributed by atoms with Gasteiger partial charge in [-0.2, -0.15) is 0 Å². The van der Waals surface area contributed by atoms with Crippen molar-refractivity contribution < 1.29 is 72.0 Å². The fraction of sp³-hybridized carbons (Fsp3) is 0.500. The number of imidazole rings is 1. The molecule has 26 heteroatoms. The van der Waals surface area contributed by atoms with E-state index in [1.807, 2.05) is 95.6 Å². The Morgan fingerprint density at radius 1 is 0.471 bits per heavy atom. The number of carboxylic acid groups (broad SMARTS) is 1. The minimum absolute atomic E-state index is 0.0643. The number of amides is 8. The number of rotatable bonds is 33. The molecule has 0 unspecified atom stereocenters. The summed E-state index contributed by atoms with van der Waals surface area (Å²) in [5.41, 5.74) is -0.543. The average Bonchev–Trinajstić information content (AvgIpc) is 1.19. The molecule has 6 rings (SSSR count). The predicted octanol–water partition coefficient (Wildman–Crippen LogP) is 9.51. The van der Waals surface area contributed by atoms with Gasteiger partial charge in [0.25, 0.3) is 0 Å². The number of carbonyl (C=O) groups is 10. The fourth-order valence-corrected chi connectivity index (χ4v) is 12.0. The maximum Gasteiger partial charge on any atom is 0.419 e. The summed E-state index contributed by atoms with van der Waals surface area (Å²) in [5.74, 6) is -7.01. The van der Waals surface area contributed by atoms with Gasteiger partial charge in [0, 0.05) is 50.6 Å². The Balaban J connectivity index is 1.33. The number of hydrogen-bond acceptors (Lipinski definition) is 15. The largest absolute Gasteiger partial charge is 0.480 e. The van der Waals surface area contributed by atoms with Crippen molar-refractivity contribution in [1.29, 1.82) is 0 Å². The van der Waals surface area contributed by atoms with Crippen molar-refractivity contribution in [3.05, 3.63) is 162 Å². The zero-order valence-corrected chi connectivity index (χ0v) is 62.9. The van der Waals surface area contributed by atoms with Crippen LogP contribution in [0.4, 0.5) is 14.4 Å². The summed E-state index contributed by atoms with van der Waals surface area (Å²) in [4.78, 5) is 145. The first kappa shape index (κ1) is 82.8. The topological polar surface area (TPSA) is 347 Å². The number of carbonyl (C=O) groups excluding carboxylic acids is 9. The predicted molar refractivity (Wildman–Crippen MR) is 394 cm³/mol. The molecule has 0 saturated heterocycles. The number of fused-ring (bicyclic) bond motifs is 1. The van der Waals surface area contributed by atoms with Crippen molar-refractivity contribution >= 4 is 70.6 Å². The first-order chi connectivity index (χ1) is 48.7. The van der Waals surface area contributed by atoms with Gasteiger partial charge < -0.3 is 71.2 Å². The van der Waals surface area contributed by atoms with Gasteiger partial charge in [0.2, 0.25) is 35.4 Å². The third-order valence-corrected chi connectivity index (χ3v) is 16.4. The van der Waals surface area contributed by atoms with E-state index in [2.05, 4.69) is 42.5 Å². The van der Waals surface area contributed by atoms with Crippen molar-refractivity contribution in [1.82, 2.24) is 56.7 Å². The van der Waals surface area contributed by atoms with Crippen LogP contribution in [0.5, 0.6) is 0 Å². The number of nitrogens with zero attached hydrogens (tertiary/aromatic N) is 3. The smallest absolute Gasteiger partial charge is 0.419 e. The van der Waals surface area contributed by atoms with Gasteiger partial charge in [-0.15, -0.1) is 0 Å². The number of aliphatic carboxylic acids is 1. The molecule has 8 amide bonds. The van der Waals surface area contributed by atoms with Crippen LogP contribution in [-0.2, 0) is 70.9 Å². The lowest BCUT2D eigenvalue weighted by Crippen LogP contribution is -2.62. The first-order valence-electron chi connectivity index (χ1n) is 35.4. The Morgan fingerprint density at radius 2 is 0.904 bits per heavy atom. The Kier molecular flexibility index (Phi) is 29.4. The van der Waals surface area contributed by atoms with Crippen LogP contribution in [0.15, 0.2) is 134 Å². The molecule has 0 aliphatic carbocycles. The maximum absolute atomic E-state index is 15.4. The van der Waals surface area contributed by atoms with Gasteiger partial charge in [0.15, 0.2) is 0 Å². The quantitative estimate of drug-likeness (QED) is 0.0105. The summed E-state index contributed by atoms with van der Waals surface area (Å²) < 4.78 is 26.0. The second kappa shape index (κ2) is 36.9. The molecule has 6 aromatic rings. The van der Waals surface area contributed by atoms with E-state index in [4.69, 9.17) is 23.9 Å². The van der Waals surface area contributed by atoms with E-state index in [1.54, 1.807) is 141 Å². The highest BCUT2D eigenvalue weighted by Gasteiger charge is 2.41. The fourth-order valence-electron chi connectivity index (χ4n) is 12.0. The molecular formula is C78H107N11O15. The van der Waals surface area contributed by atoms with Gasteiger partial charge in [-0.05, 0) is 163 Å². The van der Waals surface area contributed by atoms with Crippen molar-refractivity contribution in [2.45, 2.75) is 232 Å². The number of ether oxygens (including phenoxy) is 4. The SMILES string of the molecule is CC(=O)N[C@@H](CCCCNC(=O)OC(C)(C)C)C(=O)N[C@@H](CCCCNC(=O)OC(C)(C)C)C(=O)N[C@@H](Cc1cn(C(=O)OC(C)(C)C)c2ccccc12)C(=O)N[C@H](C(=O)N[C@H](C(=O)N[C@@H](Cc1cn(C(c2ccccc2)(c2ccccc2)c2ccccc2)cn1)C(=O)O)[C@@H](C)OC(C)(C)C)C(C)C. The third-order valence-electron chi connectivity index (χ3n) is 16.4. The normalized spacial score (nSPS) is 14.0. The Morgan fingerprint density at radius 3 is 1.37 bits per heavy atom. The third kappa shape index (κ3) is 25.1. The second-order valence-electron chi connectivity index (χ2n) is 30.3. The molecule has 2 heterocycles. The molecule has 0 bridgehead atoms. The van der Waals surface area contributed by atoms with Crippen LogP contribution in [0.25, 0.3) is 10.9 Å². The van der Waals surface area contributed by atoms with Crippen LogP contribution >= 0.6 is 0 Å². The molecule has 7 atom stereocenters. The molecule has 0 spiro atoms. The molecule has 0 aliphatic heterocycles. The van der Waals surface area contributed by atoms with Crippen molar-refractivity contribution in [3.8, 4) is 0 Å². The zero-order valence-electron chi connectivity index (χ0n) is 62.9. The highest BCUT2D eigenvalue weighted by molar-refractivity contribution is 5.98. The average molecular weight is 1440 g/mol. The number of hydrogen-bond donors (Lipinski definition) is 9. The first-order valence-corrected chi connectivity index (χ1v) is 35.4. The molecule has 0 radical (unpaired) electrons. The van der Waals surface area contributed by atoms with E-state index in [1.165, 1.54) is 17.7 Å². The molecule has 0 saturated carbocycles. The van der Waals surface area contributed by atoms with Crippen molar-refractivity contribution in [3.63, 3.8) is 0 Å². The van der Waals surface area contributed by atoms with E-state index in [0.717, 1.165) is 16.7 Å². The molecule has 0 fully saturated rings. The molecule has 564 valence electrons. The van der Waals surface area contributed by atoms with E-state index in [-0.39, 0.29) is 45.2 Å². The Bertz CT molecular complexity index is 3790. The van der Waals surface area contributed by atoms with E-state index in [0.29, 0.717) is 41.4 Å². The van der Waals surface area contributed by atoms with Crippen LogP contribution in [-0.4, -0.2) is 157 Å². The number of aromatic nitrogens is 3. The number of nitrogens with one attached hydrogen (secondary N) is 8. The lowest BCUT2D eigenvalue weighted by molar-refractivity contribution is -0.145. The van der Waals surface area contributed by atoms with Crippen LogP contribution in [0, 0.1) is 5.92 Å².